The largest absolute Gasteiger partial charge is 4.00 e. The van der Waals surface area contributed by atoms with Gasteiger partial charge in [-0.1, -0.05) is 106 Å². The summed E-state index contributed by atoms with van der Waals surface area (Å²) in [7, 11) is 0.815. The van der Waals surface area contributed by atoms with Crippen LogP contribution in [-0.2, 0) is 37.0 Å². The smallest absolute Gasteiger partial charge is 1.00 e. The molecule has 0 unspecified atom stereocenters. The van der Waals surface area contributed by atoms with Crippen LogP contribution in [0.5, 0.6) is 0 Å². The maximum Gasteiger partial charge on any atom is 4.00 e. The van der Waals surface area contributed by atoms with Gasteiger partial charge in [0.05, 0.1) is 0 Å². The zero-order valence-corrected chi connectivity index (χ0v) is 28.0. The van der Waals surface area contributed by atoms with Gasteiger partial charge in [-0.05, 0) is 11.8 Å². The molecule has 4 heteroatoms. The topological polar surface area (TPSA) is 0 Å². The molecule has 0 amide bonds. The van der Waals surface area contributed by atoms with Crippen LogP contribution in [0.25, 0.3) is 0 Å². The number of rotatable bonds is 4. The summed E-state index contributed by atoms with van der Waals surface area (Å²) in [5.41, 5.74) is 6.41. The van der Waals surface area contributed by atoms with Gasteiger partial charge in [-0.3, -0.25) is 0 Å². The Hall–Kier alpha value is 0.380. The summed E-state index contributed by atoms with van der Waals surface area (Å²) in [6, 6.07) is 16.5. The van der Waals surface area contributed by atoms with Gasteiger partial charge in [0.15, 0.2) is 0 Å². The quantitative estimate of drug-likeness (QED) is 0.389. The third-order valence-corrected chi connectivity index (χ3v) is 6.35. The SMILES string of the molecule is CC(C)c1cc(C(C)(C)C)c[cH-]1.CC(C)c1cc(C(C)(C)C)c[cH-]1.CC[SiH]CC.[Cl-].[Cl-].[Zr+4]. The third kappa shape index (κ3) is 16.1. The van der Waals surface area contributed by atoms with E-state index in [4.69, 9.17) is 0 Å². The van der Waals surface area contributed by atoms with Gasteiger partial charge in [-0.2, -0.15) is 46.5 Å². The first-order valence-corrected chi connectivity index (χ1v) is 13.2. The molecule has 0 aliphatic rings. The van der Waals surface area contributed by atoms with E-state index in [1.54, 1.807) is 0 Å². The molecule has 0 aromatic heterocycles. The molecule has 0 heterocycles. The second-order valence-corrected chi connectivity index (χ2v) is 13.0. The fraction of sp³-hybridized carbons (Fsp3) is 0.643. The average Bonchev–Trinajstić information content (AvgIpc) is 3.26. The number of hydrogen-bond donors (Lipinski definition) is 0. The van der Waals surface area contributed by atoms with Crippen LogP contribution in [-0.4, -0.2) is 9.52 Å². The molecule has 2 aromatic rings. The minimum atomic E-state index is 0. The molecule has 183 valence electrons. The van der Waals surface area contributed by atoms with Gasteiger partial charge >= 0.3 is 26.2 Å². The standard InChI is InChI=1S/2C12H19.C4H11Si.2ClH.Zr/c2*1-9(2)10-6-7-11(8-10)12(3,4)5;1-3-5-4-2;;;/h2*6-9H,1-5H3;5H,3-4H2,1-2H3;2*1H;/q2*-1;;;;+4/p-2. The molecule has 0 saturated heterocycles. The fourth-order valence-corrected chi connectivity index (χ4v) is 3.44. The number of hydrogen-bond acceptors (Lipinski definition) is 0. The predicted octanol–water partition coefficient (Wildman–Crippen LogP) is 2.96. The van der Waals surface area contributed by atoms with Crippen LogP contribution in [0.3, 0.4) is 0 Å². The van der Waals surface area contributed by atoms with Crippen molar-refractivity contribution in [3.63, 3.8) is 0 Å². The molecule has 0 fully saturated rings. The first-order chi connectivity index (χ1) is 13.2. The Morgan fingerprint density at radius 1 is 0.688 bits per heavy atom. The van der Waals surface area contributed by atoms with Crippen molar-refractivity contribution in [1.82, 2.24) is 0 Å². The van der Waals surface area contributed by atoms with Crippen molar-refractivity contribution in [2.24, 2.45) is 0 Å². The van der Waals surface area contributed by atoms with Gasteiger partial charge in [-0.15, -0.1) is 0 Å². The van der Waals surface area contributed by atoms with Crippen molar-refractivity contribution in [3.8, 4) is 0 Å². The summed E-state index contributed by atoms with van der Waals surface area (Å²) in [5, 5.41) is 0. The molecule has 0 nitrogen and oxygen atoms in total. The maximum atomic E-state index is 2.32. The summed E-state index contributed by atoms with van der Waals surface area (Å²) in [6.07, 6.45) is 0. The molecule has 0 spiro atoms. The van der Waals surface area contributed by atoms with Crippen LogP contribution in [0.4, 0.5) is 0 Å². The molecular weight excluding hydrogens is 527 g/mol. The van der Waals surface area contributed by atoms with Gasteiger partial charge in [0, 0.05) is 9.52 Å². The van der Waals surface area contributed by atoms with Crippen LogP contribution in [0.1, 0.15) is 117 Å². The van der Waals surface area contributed by atoms with Crippen molar-refractivity contribution in [3.05, 3.63) is 58.7 Å². The van der Waals surface area contributed by atoms with Crippen LogP contribution >= 0.6 is 0 Å². The Balaban J connectivity index is -0.000000189. The van der Waals surface area contributed by atoms with Crippen LogP contribution in [0, 0.1) is 0 Å². The van der Waals surface area contributed by atoms with E-state index in [1.165, 1.54) is 34.3 Å². The molecule has 0 atom stereocenters. The van der Waals surface area contributed by atoms with E-state index in [9.17, 15) is 0 Å². The Bertz CT molecular complexity index is 612. The third-order valence-electron chi connectivity index (χ3n) is 5.20. The molecule has 0 saturated carbocycles. The van der Waals surface area contributed by atoms with Crippen LogP contribution in [0.2, 0.25) is 12.1 Å². The van der Waals surface area contributed by atoms with Crippen LogP contribution in [0.15, 0.2) is 36.4 Å². The second kappa shape index (κ2) is 18.7. The van der Waals surface area contributed by atoms with Gasteiger partial charge in [0.2, 0.25) is 0 Å². The summed E-state index contributed by atoms with van der Waals surface area (Å²) in [6.45, 7) is 27.0. The zero-order valence-electron chi connectivity index (χ0n) is 22.9. The molecule has 2 rings (SSSR count). The van der Waals surface area contributed by atoms with Crippen molar-refractivity contribution in [2.75, 3.05) is 0 Å². The molecule has 0 N–H and O–H groups in total. The van der Waals surface area contributed by atoms with Gasteiger partial charge < -0.3 is 24.8 Å². The van der Waals surface area contributed by atoms with E-state index in [1.807, 2.05) is 0 Å². The van der Waals surface area contributed by atoms with Crippen molar-refractivity contribution >= 4 is 9.52 Å². The van der Waals surface area contributed by atoms with Crippen molar-refractivity contribution in [2.45, 2.75) is 118 Å². The van der Waals surface area contributed by atoms with E-state index < -0.39 is 0 Å². The molecule has 1 radical (unpaired) electrons. The zero-order chi connectivity index (χ0) is 22.8. The molecule has 2 aromatic carbocycles. The Morgan fingerprint density at radius 3 is 1.06 bits per heavy atom. The molecule has 0 bridgehead atoms. The molecule has 0 aliphatic carbocycles. The van der Waals surface area contributed by atoms with Gasteiger partial charge in [0.25, 0.3) is 0 Å². The van der Waals surface area contributed by atoms with Gasteiger partial charge in [0.1, 0.15) is 0 Å². The Kier molecular flexibility index (Phi) is 23.1. The first kappa shape index (κ1) is 39.6. The van der Waals surface area contributed by atoms with E-state index in [0.717, 1.165) is 9.52 Å². The minimum absolute atomic E-state index is 0. The van der Waals surface area contributed by atoms with Crippen molar-refractivity contribution < 1.29 is 51.0 Å². The Labute approximate surface area is 235 Å². The normalized spacial score (nSPS) is 10.7. The van der Waals surface area contributed by atoms with E-state index in [0.29, 0.717) is 22.7 Å². The summed E-state index contributed by atoms with van der Waals surface area (Å²) in [5.74, 6) is 1.31. The maximum absolute atomic E-state index is 2.32. The van der Waals surface area contributed by atoms with E-state index >= 15 is 0 Å². The summed E-state index contributed by atoms with van der Waals surface area (Å²) < 4.78 is 0. The van der Waals surface area contributed by atoms with E-state index in [2.05, 4.69) is 119 Å². The molecule has 0 aliphatic heterocycles. The summed E-state index contributed by atoms with van der Waals surface area (Å²) >= 11 is 0. The number of halogens is 2. The van der Waals surface area contributed by atoms with Gasteiger partial charge in [-0.25, -0.2) is 12.1 Å². The fourth-order valence-electron chi connectivity index (χ4n) is 2.86. The van der Waals surface area contributed by atoms with E-state index in [-0.39, 0.29) is 51.0 Å². The Morgan fingerprint density at radius 2 is 0.969 bits per heavy atom. The minimum Gasteiger partial charge on any atom is -1.00 e. The first-order valence-electron chi connectivity index (χ1n) is 11.6. The molecule has 32 heavy (non-hydrogen) atoms. The average molecular weight is 576 g/mol. The second-order valence-electron chi connectivity index (χ2n) is 10.8. The van der Waals surface area contributed by atoms with Crippen LogP contribution < -0.4 is 24.8 Å². The predicted molar refractivity (Wildman–Crippen MR) is 138 cm³/mol. The summed E-state index contributed by atoms with van der Waals surface area (Å²) in [4.78, 5) is 0. The molecular formula is C28H49Cl2SiZr. The van der Waals surface area contributed by atoms with Crippen molar-refractivity contribution in [1.29, 1.82) is 0 Å². The monoisotopic (exact) mass is 573 g/mol.